The Kier molecular flexibility index (Phi) is 10.7. The average molecular weight is 655 g/mol. The summed E-state index contributed by atoms with van der Waals surface area (Å²) < 4.78 is 11.1. The second-order valence-corrected chi connectivity index (χ2v) is 11.5. The molecule has 48 heavy (non-hydrogen) atoms. The molecule has 0 unspecified atom stereocenters. The largest absolute Gasteiger partial charge is 0.453 e. The minimum Gasteiger partial charge on any atom is -0.453 e. The Balaban J connectivity index is 1.18. The van der Waals surface area contributed by atoms with Gasteiger partial charge in [0.05, 0.1) is 32.8 Å². The number of nitrogens with one attached hydrogen (secondary N) is 3. The molecule has 3 N–H and O–H groups in total. The van der Waals surface area contributed by atoms with Crippen molar-refractivity contribution < 1.29 is 28.7 Å². The molecule has 2 fully saturated rings. The van der Waals surface area contributed by atoms with Crippen LogP contribution in [0.2, 0.25) is 0 Å². The molecular weight excluding hydrogens is 616 g/mol. The second kappa shape index (κ2) is 15.2. The molecule has 2 saturated heterocycles. The summed E-state index contributed by atoms with van der Waals surface area (Å²) in [5, 5.41) is 5.05. The Morgan fingerprint density at radius 1 is 0.833 bits per heavy atom. The fourth-order valence-corrected chi connectivity index (χ4v) is 5.77. The van der Waals surface area contributed by atoms with Crippen LogP contribution in [0.4, 0.5) is 9.59 Å². The van der Waals surface area contributed by atoms with Gasteiger partial charge >= 0.3 is 12.2 Å². The lowest BCUT2D eigenvalue weighted by atomic mass is 10.1. The highest BCUT2D eigenvalue weighted by Crippen LogP contribution is 2.31. The SMILES string of the molecule is COC(=O)N[C@@H](C)C(=O)N1CCC[C@H]1n1cnc(C#Cc2ccc(C#Cc3cnc([C@@H]4CCCN4C(=O)[C@H](C)NC(=O)OC)[nH]3)cc2)c1. The third kappa shape index (κ3) is 7.96. The molecule has 0 bridgehead atoms. The Labute approximate surface area is 278 Å². The third-order valence-electron chi connectivity index (χ3n) is 8.24. The van der Waals surface area contributed by atoms with Gasteiger partial charge < -0.3 is 39.5 Å². The number of carbonyl (C=O) groups is 4. The molecule has 0 spiro atoms. The summed E-state index contributed by atoms with van der Waals surface area (Å²) in [6.45, 7) is 4.43. The molecule has 4 atom stereocenters. The van der Waals surface area contributed by atoms with Gasteiger partial charge in [-0.25, -0.2) is 19.6 Å². The van der Waals surface area contributed by atoms with Gasteiger partial charge in [0.1, 0.15) is 35.5 Å². The monoisotopic (exact) mass is 654 g/mol. The van der Waals surface area contributed by atoms with Crippen molar-refractivity contribution in [1.29, 1.82) is 0 Å². The van der Waals surface area contributed by atoms with Crippen LogP contribution in [-0.4, -0.2) is 92.7 Å². The molecule has 14 heteroatoms. The predicted molar refractivity (Wildman–Crippen MR) is 173 cm³/mol. The van der Waals surface area contributed by atoms with Crippen LogP contribution < -0.4 is 10.6 Å². The first-order valence-corrected chi connectivity index (χ1v) is 15.7. The van der Waals surface area contributed by atoms with E-state index in [-0.39, 0.29) is 24.0 Å². The first-order chi connectivity index (χ1) is 23.2. The maximum atomic E-state index is 13.0. The van der Waals surface area contributed by atoms with E-state index in [4.69, 9.17) is 0 Å². The number of ether oxygens (including phenoxy) is 2. The Bertz CT molecular complexity index is 1650. The number of methoxy groups -OCH3 is 2. The van der Waals surface area contributed by atoms with E-state index in [2.05, 4.69) is 58.7 Å². The van der Waals surface area contributed by atoms with Crippen LogP contribution in [0.25, 0.3) is 0 Å². The number of benzene rings is 1. The molecule has 0 aliphatic carbocycles. The van der Waals surface area contributed by atoms with E-state index in [0.717, 1.165) is 36.8 Å². The van der Waals surface area contributed by atoms with Crippen molar-refractivity contribution in [2.24, 2.45) is 0 Å². The van der Waals surface area contributed by atoms with Crippen molar-refractivity contribution in [3.05, 3.63) is 71.3 Å². The quantitative estimate of drug-likeness (QED) is 0.342. The molecule has 2 aliphatic heterocycles. The lowest BCUT2D eigenvalue weighted by Gasteiger charge is -2.28. The molecule has 250 valence electrons. The van der Waals surface area contributed by atoms with Crippen LogP contribution in [0, 0.1) is 23.7 Å². The maximum absolute atomic E-state index is 13.0. The van der Waals surface area contributed by atoms with Crippen molar-refractivity contribution in [2.75, 3.05) is 27.3 Å². The van der Waals surface area contributed by atoms with E-state index in [9.17, 15) is 19.2 Å². The van der Waals surface area contributed by atoms with Gasteiger partial charge in [-0.05, 0) is 75.6 Å². The Morgan fingerprint density at radius 2 is 1.42 bits per heavy atom. The highest BCUT2D eigenvalue weighted by molar-refractivity contribution is 5.86. The van der Waals surface area contributed by atoms with Crippen molar-refractivity contribution in [1.82, 2.24) is 40.0 Å². The molecule has 3 aromatic rings. The average Bonchev–Trinajstić information content (AvgIpc) is 3.92. The second-order valence-electron chi connectivity index (χ2n) is 11.5. The Morgan fingerprint density at radius 3 is 2.06 bits per heavy atom. The van der Waals surface area contributed by atoms with Gasteiger partial charge in [-0.2, -0.15) is 0 Å². The van der Waals surface area contributed by atoms with E-state index in [1.54, 1.807) is 36.2 Å². The van der Waals surface area contributed by atoms with Crippen LogP contribution in [0.1, 0.15) is 80.1 Å². The number of rotatable bonds is 6. The lowest BCUT2D eigenvalue weighted by molar-refractivity contribution is -0.135. The summed E-state index contributed by atoms with van der Waals surface area (Å²) in [6, 6.07) is 5.87. The van der Waals surface area contributed by atoms with Gasteiger partial charge in [0.25, 0.3) is 0 Å². The van der Waals surface area contributed by atoms with Crippen LogP contribution in [0.3, 0.4) is 0 Å². The van der Waals surface area contributed by atoms with Crippen LogP contribution >= 0.6 is 0 Å². The van der Waals surface area contributed by atoms with Gasteiger partial charge in [-0.1, -0.05) is 11.8 Å². The predicted octanol–water partition coefficient (Wildman–Crippen LogP) is 2.68. The number of amides is 4. The molecule has 5 rings (SSSR count). The van der Waals surface area contributed by atoms with Gasteiger partial charge in [0, 0.05) is 30.4 Å². The fourth-order valence-electron chi connectivity index (χ4n) is 5.77. The van der Waals surface area contributed by atoms with Crippen LogP contribution in [0.5, 0.6) is 0 Å². The summed E-state index contributed by atoms with van der Waals surface area (Å²) >= 11 is 0. The summed E-state index contributed by atoms with van der Waals surface area (Å²) in [4.78, 5) is 64.6. The smallest absolute Gasteiger partial charge is 0.407 e. The van der Waals surface area contributed by atoms with Crippen molar-refractivity contribution in [3.63, 3.8) is 0 Å². The summed E-state index contributed by atoms with van der Waals surface area (Å²) in [7, 11) is 2.52. The number of hydrogen-bond acceptors (Lipinski definition) is 8. The zero-order valence-electron chi connectivity index (χ0n) is 27.3. The van der Waals surface area contributed by atoms with Crippen LogP contribution in [-0.2, 0) is 19.1 Å². The van der Waals surface area contributed by atoms with Gasteiger partial charge in [-0.3, -0.25) is 9.59 Å². The molecule has 14 nitrogen and oxygen atoms in total. The summed E-state index contributed by atoms with van der Waals surface area (Å²) in [6.07, 6.45) is 6.84. The lowest BCUT2D eigenvalue weighted by Crippen LogP contribution is -2.47. The fraction of sp³-hybridized carbons (Fsp3) is 0.412. The number of H-pyrrole nitrogens is 1. The van der Waals surface area contributed by atoms with E-state index in [0.29, 0.717) is 30.3 Å². The van der Waals surface area contributed by atoms with E-state index in [1.807, 2.05) is 35.0 Å². The van der Waals surface area contributed by atoms with E-state index in [1.165, 1.54) is 14.2 Å². The molecule has 1 aromatic carbocycles. The van der Waals surface area contributed by atoms with Crippen molar-refractivity contribution in [3.8, 4) is 23.7 Å². The number of aromatic amines is 1. The minimum atomic E-state index is -0.717. The van der Waals surface area contributed by atoms with Gasteiger partial charge in [0.15, 0.2) is 0 Å². The normalized spacial score (nSPS) is 18.1. The number of nitrogens with zero attached hydrogens (tertiary/aromatic N) is 5. The molecule has 0 saturated carbocycles. The van der Waals surface area contributed by atoms with Crippen LogP contribution in [0.15, 0.2) is 43.0 Å². The highest BCUT2D eigenvalue weighted by atomic mass is 16.5. The molecule has 4 heterocycles. The van der Waals surface area contributed by atoms with Gasteiger partial charge in [-0.15, -0.1) is 0 Å². The van der Waals surface area contributed by atoms with Crippen molar-refractivity contribution >= 4 is 24.0 Å². The summed E-state index contributed by atoms with van der Waals surface area (Å²) in [5.74, 6) is 12.7. The minimum absolute atomic E-state index is 0.186. The number of likely N-dealkylation sites (tertiary alicyclic amines) is 2. The first kappa shape index (κ1) is 33.6. The molecule has 0 radical (unpaired) electrons. The summed E-state index contributed by atoms with van der Waals surface area (Å²) in [5.41, 5.74) is 2.79. The topological polar surface area (TPSA) is 164 Å². The zero-order valence-corrected chi connectivity index (χ0v) is 27.3. The zero-order chi connectivity index (χ0) is 34.2. The molecule has 2 aromatic heterocycles. The highest BCUT2D eigenvalue weighted by Gasteiger charge is 2.35. The Hall–Kier alpha value is -5.76. The maximum Gasteiger partial charge on any atom is 0.407 e. The molecular formula is C34H38N8O6. The number of carbonyl (C=O) groups excluding carboxylic acids is 4. The number of aromatic nitrogens is 4. The van der Waals surface area contributed by atoms with E-state index < -0.39 is 24.3 Å². The number of alkyl carbamates (subject to hydrolysis) is 2. The first-order valence-electron chi connectivity index (χ1n) is 15.7. The van der Waals surface area contributed by atoms with Crippen molar-refractivity contribution in [2.45, 2.75) is 63.8 Å². The molecule has 4 amide bonds. The third-order valence-corrected chi connectivity index (χ3v) is 8.24. The van der Waals surface area contributed by atoms with Gasteiger partial charge in [0.2, 0.25) is 11.8 Å². The number of imidazole rings is 2. The standard InChI is InChI=1S/C34H38N8O6/c1-22(37-33(45)47-3)31(43)41-17-5-7-28(41)30-35-19-26(39-30)15-13-24-9-11-25(12-10-24)14-16-27-20-40(21-36-27)29-8-6-18-42(29)32(44)23(2)38-34(46)48-4/h9-12,19-23,28-29H,5-8,17-18H2,1-4H3,(H,35,39)(H,37,45)(H,38,46)/t22-,23-,28-,29-/m0/s1. The molecule has 2 aliphatic rings. The number of hydrogen-bond donors (Lipinski definition) is 3. The van der Waals surface area contributed by atoms with E-state index >= 15 is 0 Å².